The third kappa shape index (κ3) is 3.24. The molecule has 0 bridgehead atoms. The van der Waals surface area contributed by atoms with E-state index in [9.17, 15) is 26.7 Å². The second-order valence-electron chi connectivity index (χ2n) is 3.49. The number of nitrogens with two attached hydrogens (primary N) is 1. The predicted molar refractivity (Wildman–Crippen MR) is 54.2 cm³/mol. The number of anilines is 1. The standard InChI is InChI=1S/C10H8F5NO3/c11-4-1-2-5(6(7(4)16)8(17)18)19-3-10(14,15)9(12)13/h1-2,9H,3,16H2,(H,17,18). The van der Waals surface area contributed by atoms with Gasteiger partial charge in [-0.15, -0.1) is 0 Å². The Bertz CT molecular complexity index is 492. The molecule has 9 heteroatoms. The molecule has 0 spiro atoms. The quantitative estimate of drug-likeness (QED) is 0.643. The van der Waals surface area contributed by atoms with Crippen molar-refractivity contribution in [2.24, 2.45) is 0 Å². The lowest BCUT2D eigenvalue weighted by Gasteiger charge is -2.17. The van der Waals surface area contributed by atoms with Crippen LogP contribution in [0.3, 0.4) is 0 Å². The fourth-order valence-corrected chi connectivity index (χ4v) is 1.15. The zero-order valence-electron chi connectivity index (χ0n) is 9.17. The zero-order valence-corrected chi connectivity index (χ0v) is 9.17. The smallest absolute Gasteiger partial charge is 0.341 e. The molecule has 0 saturated heterocycles. The predicted octanol–water partition coefficient (Wildman–Crippen LogP) is 2.39. The van der Waals surface area contributed by atoms with Gasteiger partial charge in [0.25, 0.3) is 0 Å². The van der Waals surface area contributed by atoms with Crippen LogP contribution in [-0.2, 0) is 0 Å². The molecule has 0 amide bonds. The lowest BCUT2D eigenvalue weighted by atomic mass is 10.1. The van der Waals surface area contributed by atoms with E-state index in [0.29, 0.717) is 6.07 Å². The molecule has 4 nitrogen and oxygen atoms in total. The average Bonchev–Trinajstić information content (AvgIpc) is 2.29. The summed E-state index contributed by atoms with van der Waals surface area (Å²) >= 11 is 0. The molecule has 106 valence electrons. The summed E-state index contributed by atoms with van der Waals surface area (Å²) in [6.07, 6.45) is -3.97. The number of aromatic carboxylic acids is 1. The fraction of sp³-hybridized carbons (Fsp3) is 0.300. The molecule has 1 aromatic rings. The van der Waals surface area contributed by atoms with E-state index in [0.717, 1.165) is 6.07 Å². The van der Waals surface area contributed by atoms with Crippen molar-refractivity contribution in [3.63, 3.8) is 0 Å². The van der Waals surface area contributed by atoms with Gasteiger partial charge < -0.3 is 15.6 Å². The number of carbonyl (C=O) groups is 1. The first-order valence-corrected chi connectivity index (χ1v) is 4.77. The number of rotatable bonds is 5. The molecular weight excluding hydrogens is 277 g/mol. The molecule has 0 aliphatic heterocycles. The van der Waals surface area contributed by atoms with Gasteiger partial charge in [-0.3, -0.25) is 0 Å². The third-order valence-electron chi connectivity index (χ3n) is 2.11. The van der Waals surface area contributed by atoms with Crippen LogP contribution in [0.15, 0.2) is 12.1 Å². The van der Waals surface area contributed by atoms with Gasteiger partial charge in [0.05, 0.1) is 5.69 Å². The Hall–Kier alpha value is -2.06. The molecule has 0 aromatic heterocycles. The molecule has 0 atom stereocenters. The number of hydrogen-bond acceptors (Lipinski definition) is 3. The first-order chi connectivity index (χ1) is 8.66. The Morgan fingerprint density at radius 1 is 1.42 bits per heavy atom. The van der Waals surface area contributed by atoms with Gasteiger partial charge in [0.15, 0.2) is 6.61 Å². The molecule has 0 radical (unpaired) electrons. The van der Waals surface area contributed by atoms with Crippen LogP contribution in [0.4, 0.5) is 27.6 Å². The molecule has 0 unspecified atom stereocenters. The van der Waals surface area contributed by atoms with Crippen molar-refractivity contribution in [1.29, 1.82) is 0 Å². The highest BCUT2D eigenvalue weighted by Gasteiger charge is 2.42. The minimum Gasteiger partial charge on any atom is -0.486 e. The van der Waals surface area contributed by atoms with Gasteiger partial charge in [0.1, 0.15) is 17.1 Å². The van der Waals surface area contributed by atoms with Gasteiger partial charge in [-0.25, -0.2) is 18.0 Å². The van der Waals surface area contributed by atoms with E-state index < -0.39 is 47.7 Å². The van der Waals surface area contributed by atoms with E-state index in [2.05, 4.69) is 4.74 Å². The molecule has 1 rings (SSSR count). The number of ether oxygens (including phenoxy) is 1. The normalized spacial score (nSPS) is 11.7. The second kappa shape index (κ2) is 5.29. The maximum atomic E-state index is 13.0. The number of carboxylic acids is 1. The van der Waals surface area contributed by atoms with Gasteiger partial charge in [0.2, 0.25) is 0 Å². The average molecular weight is 285 g/mol. The zero-order chi connectivity index (χ0) is 14.8. The van der Waals surface area contributed by atoms with Crippen LogP contribution in [-0.4, -0.2) is 30.0 Å². The third-order valence-corrected chi connectivity index (χ3v) is 2.11. The van der Waals surface area contributed by atoms with E-state index in [-0.39, 0.29) is 0 Å². The Kier molecular flexibility index (Phi) is 4.17. The maximum Gasteiger partial charge on any atom is 0.341 e. The largest absolute Gasteiger partial charge is 0.486 e. The first-order valence-electron chi connectivity index (χ1n) is 4.77. The van der Waals surface area contributed by atoms with Crippen molar-refractivity contribution in [2.45, 2.75) is 12.3 Å². The molecule has 0 heterocycles. The van der Waals surface area contributed by atoms with Crippen LogP contribution >= 0.6 is 0 Å². The monoisotopic (exact) mass is 285 g/mol. The molecule has 19 heavy (non-hydrogen) atoms. The number of carboxylic acid groups (broad SMARTS) is 1. The summed E-state index contributed by atoms with van der Waals surface area (Å²) in [7, 11) is 0. The molecule has 0 aliphatic carbocycles. The summed E-state index contributed by atoms with van der Waals surface area (Å²) in [5.41, 5.74) is 3.39. The van der Waals surface area contributed by atoms with E-state index in [1.807, 2.05) is 0 Å². The minimum absolute atomic E-state index is 0.678. The fourth-order valence-electron chi connectivity index (χ4n) is 1.15. The summed E-state index contributed by atoms with van der Waals surface area (Å²) < 4.78 is 66.3. The van der Waals surface area contributed by atoms with Crippen molar-refractivity contribution in [3.05, 3.63) is 23.5 Å². The van der Waals surface area contributed by atoms with Crippen molar-refractivity contribution in [2.75, 3.05) is 12.3 Å². The van der Waals surface area contributed by atoms with Crippen molar-refractivity contribution < 1.29 is 36.6 Å². The summed E-state index contributed by atoms with van der Waals surface area (Å²) in [6.45, 7) is -1.75. The topological polar surface area (TPSA) is 72.5 Å². The van der Waals surface area contributed by atoms with Crippen LogP contribution in [0.5, 0.6) is 5.75 Å². The summed E-state index contributed by atoms with van der Waals surface area (Å²) in [6, 6.07) is 1.40. The highest BCUT2D eigenvalue weighted by molar-refractivity contribution is 5.96. The Morgan fingerprint density at radius 3 is 2.47 bits per heavy atom. The van der Waals surface area contributed by atoms with Crippen LogP contribution in [0.25, 0.3) is 0 Å². The minimum atomic E-state index is -4.46. The Labute approximate surface area is 103 Å². The molecule has 0 fully saturated rings. The first kappa shape index (κ1) is 15.0. The van der Waals surface area contributed by atoms with E-state index in [1.54, 1.807) is 0 Å². The van der Waals surface area contributed by atoms with Gasteiger partial charge in [-0.05, 0) is 12.1 Å². The Morgan fingerprint density at radius 2 is 2.00 bits per heavy atom. The highest BCUT2D eigenvalue weighted by atomic mass is 19.3. The number of benzene rings is 1. The van der Waals surface area contributed by atoms with Crippen molar-refractivity contribution in [1.82, 2.24) is 0 Å². The Balaban J connectivity index is 3.03. The summed E-state index contributed by atoms with van der Waals surface area (Å²) in [5, 5.41) is 8.75. The number of alkyl halides is 4. The van der Waals surface area contributed by atoms with Gasteiger partial charge in [-0.1, -0.05) is 0 Å². The number of halogens is 5. The number of nitrogen functional groups attached to an aromatic ring is 1. The van der Waals surface area contributed by atoms with Crippen molar-refractivity contribution in [3.8, 4) is 5.75 Å². The maximum absolute atomic E-state index is 13.0. The SMILES string of the molecule is Nc1c(F)ccc(OCC(F)(F)C(F)F)c1C(=O)O. The highest BCUT2D eigenvalue weighted by Crippen LogP contribution is 2.30. The summed E-state index contributed by atoms with van der Waals surface area (Å²) in [4.78, 5) is 10.8. The van der Waals surface area contributed by atoms with Crippen LogP contribution in [0, 0.1) is 5.82 Å². The van der Waals surface area contributed by atoms with Crippen LogP contribution in [0.1, 0.15) is 10.4 Å². The van der Waals surface area contributed by atoms with Crippen LogP contribution in [0.2, 0.25) is 0 Å². The molecule has 0 aliphatic rings. The second-order valence-corrected chi connectivity index (χ2v) is 3.49. The van der Waals surface area contributed by atoms with E-state index >= 15 is 0 Å². The van der Waals surface area contributed by atoms with E-state index in [4.69, 9.17) is 10.8 Å². The van der Waals surface area contributed by atoms with E-state index in [1.165, 1.54) is 0 Å². The van der Waals surface area contributed by atoms with Gasteiger partial charge in [0, 0.05) is 0 Å². The molecule has 0 saturated carbocycles. The molecular formula is C10H8F5NO3. The lowest BCUT2D eigenvalue weighted by molar-refractivity contribution is -0.148. The van der Waals surface area contributed by atoms with Gasteiger partial charge >= 0.3 is 18.3 Å². The lowest BCUT2D eigenvalue weighted by Crippen LogP contribution is -2.34. The van der Waals surface area contributed by atoms with Crippen LogP contribution < -0.4 is 10.5 Å². The molecule has 3 N–H and O–H groups in total. The van der Waals surface area contributed by atoms with Gasteiger partial charge in [-0.2, -0.15) is 8.78 Å². The van der Waals surface area contributed by atoms with Crippen molar-refractivity contribution >= 4 is 11.7 Å². The summed E-state index contributed by atoms with van der Waals surface area (Å²) in [5.74, 6) is -8.00. The number of hydrogen-bond donors (Lipinski definition) is 2. The molecule has 1 aromatic carbocycles.